The number of alkyl halides is 3. The third-order valence-electron chi connectivity index (χ3n) is 4.06. The molecular weight excluding hydrogens is 411 g/mol. The minimum atomic E-state index is -4.76. The third kappa shape index (κ3) is 4.70. The van der Waals surface area contributed by atoms with Gasteiger partial charge in [-0.2, -0.15) is 23.4 Å². The molecule has 3 aromatic rings. The van der Waals surface area contributed by atoms with Gasteiger partial charge in [0, 0.05) is 7.05 Å². The number of anilines is 1. The number of nitrogens with one attached hydrogen (secondary N) is 1. The third-order valence-corrected chi connectivity index (χ3v) is 4.42. The van der Waals surface area contributed by atoms with Gasteiger partial charge in [0.15, 0.2) is 12.4 Å². The van der Waals surface area contributed by atoms with Gasteiger partial charge in [-0.3, -0.25) is 9.48 Å². The van der Waals surface area contributed by atoms with Crippen LogP contribution in [0.1, 0.15) is 28.7 Å². The van der Waals surface area contributed by atoms with Crippen molar-refractivity contribution in [1.29, 1.82) is 0 Å². The Bertz CT molecular complexity index is 1010. The highest BCUT2D eigenvalue weighted by Crippen LogP contribution is 2.35. The Labute approximate surface area is 169 Å². The van der Waals surface area contributed by atoms with Gasteiger partial charge in [0.1, 0.15) is 16.5 Å². The Morgan fingerprint density at radius 3 is 2.55 bits per heavy atom. The molecule has 0 unspecified atom stereocenters. The first kappa shape index (κ1) is 20.7. The molecular formula is C18H17ClF3N5O2. The molecule has 0 bridgehead atoms. The zero-order valence-electron chi connectivity index (χ0n) is 15.5. The van der Waals surface area contributed by atoms with Gasteiger partial charge in [0.25, 0.3) is 5.91 Å². The predicted molar refractivity (Wildman–Crippen MR) is 99.8 cm³/mol. The van der Waals surface area contributed by atoms with E-state index in [-0.39, 0.29) is 12.4 Å². The molecule has 11 heteroatoms. The first-order valence-corrected chi connectivity index (χ1v) is 8.92. The molecule has 2 aromatic heterocycles. The van der Waals surface area contributed by atoms with Gasteiger partial charge in [-0.25, -0.2) is 4.68 Å². The molecule has 1 N–H and O–H groups in total. The Hall–Kier alpha value is -3.01. The van der Waals surface area contributed by atoms with Crippen LogP contribution in [-0.2, 0) is 26.4 Å². The Balaban J connectivity index is 1.65. The normalized spacial score (nSPS) is 11.5. The number of hydrogen-bond donors (Lipinski definition) is 1. The summed E-state index contributed by atoms with van der Waals surface area (Å²) in [5, 5.41) is 9.01. The summed E-state index contributed by atoms with van der Waals surface area (Å²) in [6, 6.07) is 7.59. The van der Waals surface area contributed by atoms with E-state index in [0.717, 1.165) is 11.1 Å². The maximum Gasteiger partial charge on any atom is 0.436 e. The topological polar surface area (TPSA) is 74.0 Å². The lowest BCUT2D eigenvalue weighted by Crippen LogP contribution is -2.16. The second kappa shape index (κ2) is 8.16. The van der Waals surface area contributed by atoms with Crippen LogP contribution in [0.15, 0.2) is 36.7 Å². The molecule has 0 saturated heterocycles. The average molecular weight is 428 g/mol. The van der Waals surface area contributed by atoms with Crippen molar-refractivity contribution in [3.63, 3.8) is 0 Å². The van der Waals surface area contributed by atoms with Crippen LogP contribution in [-0.4, -0.2) is 25.5 Å². The van der Waals surface area contributed by atoms with E-state index in [2.05, 4.69) is 22.4 Å². The molecule has 0 saturated carbocycles. The highest BCUT2D eigenvalue weighted by Gasteiger charge is 2.39. The van der Waals surface area contributed by atoms with Crippen molar-refractivity contribution < 1.29 is 22.7 Å². The molecule has 0 aliphatic rings. The lowest BCUT2D eigenvalue weighted by atomic mass is 10.2. The van der Waals surface area contributed by atoms with Gasteiger partial charge < -0.3 is 10.1 Å². The Morgan fingerprint density at radius 1 is 1.28 bits per heavy atom. The average Bonchev–Trinajstić information content (AvgIpc) is 3.23. The molecule has 0 spiro atoms. The molecule has 0 aliphatic heterocycles. The van der Waals surface area contributed by atoms with E-state index in [1.165, 1.54) is 29.7 Å². The van der Waals surface area contributed by atoms with E-state index in [1.807, 2.05) is 24.3 Å². The van der Waals surface area contributed by atoms with Gasteiger partial charge in [-0.15, -0.1) is 0 Å². The van der Waals surface area contributed by atoms with Crippen LogP contribution >= 0.6 is 11.6 Å². The first-order valence-electron chi connectivity index (χ1n) is 8.54. The largest absolute Gasteiger partial charge is 0.471 e. The number of carbonyl (C=O) groups excluding carboxylic acids is 1. The molecule has 154 valence electrons. The molecule has 1 aromatic carbocycles. The molecule has 0 fully saturated rings. The molecule has 1 amide bonds. The van der Waals surface area contributed by atoms with Crippen molar-refractivity contribution in [1.82, 2.24) is 19.6 Å². The Kier molecular flexibility index (Phi) is 5.83. The van der Waals surface area contributed by atoms with Gasteiger partial charge in [-0.05, 0) is 24.1 Å². The summed E-state index contributed by atoms with van der Waals surface area (Å²) in [5.41, 5.74) is -0.265. The maximum absolute atomic E-state index is 12.9. The van der Waals surface area contributed by atoms with Crippen molar-refractivity contribution in [2.45, 2.75) is 26.3 Å². The molecule has 0 aliphatic carbocycles. The van der Waals surface area contributed by atoms with Crippen LogP contribution in [0.5, 0.6) is 5.75 Å². The van der Waals surface area contributed by atoms with Crippen molar-refractivity contribution in [2.75, 3.05) is 5.32 Å². The summed E-state index contributed by atoms with van der Waals surface area (Å²) in [6.07, 6.45) is -1.01. The zero-order valence-corrected chi connectivity index (χ0v) is 16.3. The summed E-state index contributed by atoms with van der Waals surface area (Å²) in [6.45, 7) is 2.14. The number of ether oxygens (including phenoxy) is 1. The maximum atomic E-state index is 12.9. The number of carbonyl (C=O) groups is 1. The molecule has 7 nitrogen and oxygen atoms in total. The van der Waals surface area contributed by atoms with E-state index < -0.39 is 28.5 Å². The highest BCUT2D eigenvalue weighted by molar-refractivity contribution is 6.34. The predicted octanol–water partition coefficient (Wildman–Crippen LogP) is 4.14. The first-order chi connectivity index (χ1) is 13.7. The molecule has 0 radical (unpaired) electrons. The lowest BCUT2D eigenvalue weighted by molar-refractivity contribution is -0.141. The fourth-order valence-electron chi connectivity index (χ4n) is 2.58. The summed E-state index contributed by atoms with van der Waals surface area (Å²) >= 11 is 5.71. The van der Waals surface area contributed by atoms with Crippen LogP contribution in [0, 0.1) is 0 Å². The number of amides is 1. The molecule has 0 atom stereocenters. The van der Waals surface area contributed by atoms with Gasteiger partial charge in [0.2, 0.25) is 0 Å². The second-order valence-electron chi connectivity index (χ2n) is 6.13. The number of halogens is 4. The second-order valence-corrected chi connectivity index (χ2v) is 6.50. The van der Waals surface area contributed by atoms with E-state index >= 15 is 0 Å². The van der Waals surface area contributed by atoms with Crippen molar-refractivity contribution in [3.05, 3.63) is 58.6 Å². The number of aryl methyl sites for hydroxylation is 2. The van der Waals surface area contributed by atoms with Gasteiger partial charge in [-0.1, -0.05) is 30.7 Å². The number of hydrogen-bond acceptors (Lipinski definition) is 4. The van der Waals surface area contributed by atoms with Crippen LogP contribution in [0.3, 0.4) is 0 Å². The summed E-state index contributed by atoms with van der Waals surface area (Å²) in [5.74, 6) is -0.180. The molecule has 3 rings (SSSR count). The summed E-state index contributed by atoms with van der Waals surface area (Å²) in [4.78, 5) is 12.4. The van der Waals surface area contributed by atoms with Gasteiger partial charge >= 0.3 is 6.18 Å². The standard InChI is InChI=1S/C18H17ClF3N5O2/c1-3-11-4-6-13(7-5-11)29-10-27-9-12(8-23-27)24-17(28)15-14(19)16(18(20,21)22)25-26(15)2/h4-9H,3,10H2,1-2H3,(H,24,28). The lowest BCUT2D eigenvalue weighted by Gasteiger charge is -2.07. The quantitative estimate of drug-likeness (QED) is 0.641. The minimum Gasteiger partial charge on any atom is -0.471 e. The van der Waals surface area contributed by atoms with Gasteiger partial charge in [0.05, 0.1) is 18.1 Å². The van der Waals surface area contributed by atoms with E-state index in [0.29, 0.717) is 5.75 Å². The van der Waals surface area contributed by atoms with Crippen LogP contribution in [0.4, 0.5) is 18.9 Å². The minimum absolute atomic E-state index is 0.0893. The van der Waals surface area contributed by atoms with E-state index in [9.17, 15) is 18.0 Å². The number of rotatable bonds is 6. The number of benzene rings is 1. The van der Waals surface area contributed by atoms with Crippen molar-refractivity contribution >= 4 is 23.2 Å². The van der Waals surface area contributed by atoms with Crippen LogP contribution < -0.4 is 10.1 Å². The fraction of sp³-hybridized carbons (Fsp3) is 0.278. The van der Waals surface area contributed by atoms with E-state index in [4.69, 9.17) is 16.3 Å². The van der Waals surface area contributed by atoms with Crippen LogP contribution in [0.25, 0.3) is 0 Å². The Morgan fingerprint density at radius 2 is 1.97 bits per heavy atom. The smallest absolute Gasteiger partial charge is 0.436 e. The SMILES string of the molecule is CCc1ccc(OCn2cc(NC(=O)c3c(Cl)c(C(F)(F)F)nn3C)cn2)cc1. The monoisotopic (exact) mass is 427 g/mol. The zero-order chi connectivity index (χ0) is 21.2. The van der Waals surface area contributed by atoms with Crippen molar-refractivity contribution in [2.24, 2.45) is 7.05 Å². The van der Waals surface area contributed by atoms with Crippen LogP contribution in [0.2, 0.25) is 5.02 Å². The van der Waals surface area contributed by atoms with E-state index in [1.54, 1.807) is 0 Å². The van der Waals surface area contributed by atoms with Crippen molar-refractivity contribution in [3.8, 4) is 5.75 Å². The summed E-state index contributed by atoms with van der Waals surface area (Å²) < 4.78 is 46.5. The number of nitrogens with zero attached hydrogens (tertiary/aromatic N) is 4. The molecule has 2 heterocycles. The fourth-order valence-corrected chi connectivity index (χ4v) is 2.93. The molecule has 29 heavy (non-hydrogen) atoms. The summed E-state index contributed by atoms with van der Waals surface area (Å²) in [7, 11) is 1.21. The number of aromatic nitrogens is 4. The highest BCUT2D eigenvalue weighted by atomic mass is 35.5.